The molecule has 0 fully saturated rings. The fourth-order valence-corrected chi connectivity index (χ4v) is 2.32. The van der Waals surface area contributed by atoms with Crippen molar-refractivity contribution in [3.05, 3.63) is 60.2 Å². The smallest absolute Gasteiger partial charge is 0.220 e. The van der Waals surface area contributed by atoms with E-state index in [9.17, 15) is 4.79 Å². The first kappa shape index (κ1) is 17.9. The van der Waals surface area contributed by atoms with E-state index in [0.29, 0.717) is 26.0 Å². The fourth-order valence-electron chi connectivity index (χ4n) is 2.32. The minimum atomic E-state index is 0.0731. The van der Waals surface area contributed by atoms with Crippen molar-refractivity contribution >= 4 is 11.6 Å². The van der Waals surface area contributed by atoms with Crippen LogP contribution in [0.2, 0.25) is 0 Å². The Morgan fingerprint density at radius 3 is 2.50 bits per heavy atom. The Hall–Kier alpha value is -2.49. The van der Waals surface area contributed by atoms with Crippen molar-refractivity contribution in [3.63, 3.8) is 0 Å². The van der Waals surface area contributed by atoms with E-state index >= 15 is 0 Å². The van der Waals surface area contributed by atoms with Gasteiger partial charge in [-0.05, 0) is 37.6 Å². The van der Waals surface area contributed by atoms with Gasteiger partial charge in [0, 0.05) is 32.2 Å². The highest BCUT2D eigenvalue weighted by atomic mass is 16.5. The minimum absolute atomic E-state index is 0.0731. The summed E-state index contributed by atoms with van der Waals surface area (Å²) in [6.07, 6.45) is 1.20. The number of nitrogens with zero attached hydrogens (tertiary/aromatic N) is 1. The lowest BCUT2D eigenvalue weighted by molar-refractivity contribution is -0.121. The van der Waals surface area contributed by atoms with Crippen molar-refractivity contribution in [2.75, 3.05) is 31.6 Å². The summed E-state index contributed by atoms with van der Waals surface area (Å²) in [5.74, 6) is 0.925. The normalized spacial score (nSPS) is 10.2. The minimum Gasteiger partial charge on any atom is -0.494 e. The molecule has 0 aliphatic carbocycles. The van der Waals surface area contributed by atoms with Crippen LogP contribution < -0.4 is 15.0 Å². The Balaban J connectivity index is 1.56. The van der Waals surface area contributed by atoms with Gasteiger partial charge in [0.2, 0.25) is 5.91 Å². The average Bonchev–Trinajstić information content (AvgIpc) is 2.61. The molecule has 0 aromatic heterocycles. The number of para-hydroxylation sites is 1. The second-order valence-corrected chi connectivity index (χ2v) is 5.87. The number of anilines is 1. The SMILES string of the molecule is Cc1ccc(OCCCC(=O)NCCN(C)c2ccccc2)cc1. The number of benzene rings is 2. The van der Waals surface area contributed by atoms with E-state index in [1.807, 2.05) is 56.4 Å². The average molecular weight is 326 g/mol. The number of rotatable bonds is 9. The molecule has 2 aromatic rings. The molecule has 0 heterocycles. The summed E-state index contributed by atoms with van der Waals surface area (Å²) in [6, 6.07) is 18.1. The number of hydrogen-bond acceptors (Lipinski definition) is 3. The van der Waals surface area contributed by atoms with Crippen LogP contribution in [0.1, 0.15) is 18.4 Å². The maximum Gasteiger partial charge on any atom is 0.220 e. The highest BCUT2D eigenvalue weighted by Crippen LogP contribution is 2.12. The van der Waals surface area contributed by atoms with Gasteiger partial charge in [0.1, 0.15) is 5.75 Å². The quantitative estimate of drug-likeness (QED) is 0.718. The van der Waals surface area contributed by atoms with Gasteiger partial charge in [-0.3, -0.25) is 4.79 Å². The monoisotopic (exact) mass is 326 g/mol. The molecule has 0 saturated carbocycles. The Morgan fingerprint density at radius 2 is 1.79 bits per heavy atom. The Bertz CT molecular complexity index is 611. The van der Waals surface area contributed by atoms with Gasteiger partial charge in [0.05, 0.1) is 6.61 Å². The van der Waals surface area contributed by atoms with E-state index in [1.54, 1.807) is 0 Å². The lowest BCUT2D eigenvalue weighted by Gasteiger charge is -2.19. The maximum atomic E-state index is 11.8. The largest absolute Gasteiger partial charge is 0.494 e. The molecule has 2 aromatic carbocycles. The number of likely N-dealkylation sites (N-methyl/N-ethyl adjacent to an activating group) is 1. The van der Waals surface area contributed by atoms with Crippen molar-refractivity contribution in [1.29, 1.82) is 0 Å². The molecule has 0 atom stereocenters. The van der Waals surface area contributed by atoms with Crippen molar-refractivity contribution in [2.24, 2.45) is 0 Å². The molecule has 1 amide bonds. The molecule has 0 aliphatic rings. The fraction of sp³-hybridized carbons (Fsp3) is 0.350. The number of carbonyl (C=O) groups excluding carboxylic acids is 1. The van der Waals surface area contributed by atoms with Crippen LogP contribution in [0.3, 0.4) is 0 Å². The number of amides is 1. The van der Waals surface area contributed by atoms with Crippen molar-refractivity contribution < 1.29 is 9.53 Å². The molecular formula is C20H26N2O2. The molecule has 4 nitrogen and oxygen atoms in total. The van der Waals surface area contributed by atoms with Gasteiger partial charge in [0.25, 0.3) is 0 Å². The van der Waals surface area contributed by atoms with Gasteiger partial charge in [-0.2, -0.15) is 0 Å². The van der Waals surface area contributed by atoms with E-state index in [2.05, 4.69) is 22.3 Å². The third-order valence-corrected chi connectivity index (χ3v) is 3.80. The second kappa shape index (κ2) is 9.60. The number of nitrogens with one attached hydrogen (secondary N) is 1. The first-order chi connectivity index (χ1) is 11.6. The van der Waals surface area contributed by atoms with Crippen LogP contribution in [0.4, 0.5) is 5.69 Å². The first-order valence-electron chi connectivity index (χ1n) is 8.37. The van der Waals surface area contributed by atoms with Crippen molar-refractivity contribution in [3.8, 4) is 5.75 Å². The lowest BCUT2D eigenvalue weighted by atomic mass is 10.2. The van der Waals surface area contributed by atoms with Gasteiger partial charge in [-0.25, -0.2) is 0 Å². The number of carbonyl (C=O) groups is 1. The molecule has 0 unspecified atom stereocenters. The highest BCUT2D eigenvalue weighted by Gasteiger charge is 2.03. The van der Waals surface area contributed by atoms with Crippen molar-refractivity contribution in [2.45, 2.75) is 19.8 Å². The summed E-state index contributed by atoms with van der Waals surface area (Å²) in [6.45, 7) is 4.03. The van der Waals surface area contributed by atoms with Crippen LogP contribution in [-0.2, 0) is 4.79 Å². The summed E-state index contributed by atoms with van der Waals surface area (Å²) in [7, 11) is 2.02. The highest BCUT2D eigenvalue weighted by molar-refractivity contribution is 5.75. The van der Waals surface area contributed by atoms with E-state index in [1.165, 1.54) is 5.56 Å². The molecule has 24 heavy (non-hydrogen) atoms. The molecule has 0 saturated heterocycles. The standard InChI is InChI=1S/C20H26N2O2/c1-17-10-12-19(13-11-17)24-16-6-9-20(23)21-14-15-22(2)18-7-4-3-5-8-18/h3-5,7-8,10-13H,6,9,14-16H2,1-2H3,(H,21,23). The summed E-state index contributed by atoms with van der Waals surface area (Å²) in [4.78, 5) is 14.0. The Morgan fingerprint density at radius 1 is 1.08 bits per heavy atom. The zero-order valence-electron chi connectivity index (χ0n) is 14.5. The van der Waals surface area contributed by atoms with Gasteiger partial charge in [-0.15, -0.1) is 0 Å². The maximum absolute atomic E-state index is 11.8. The first-order valence-corrected chi connectivity index (χ1v) is 8.37. The van der Waals surface area contributed by atoms with E-state index in [-0.39, 0.29) is 5.91 Å². The van der Waals surface area contributed by atoms with Crippen LogP contribution in [0.25, 0.3) is 0 Å². The summed E-state index contributed by atoms with van der Waals surface area (Å²) in [5, 5.41) is 2.95. The van der Waals surface area contributed by atoms with Gasteiger partial charge in [0.15, 0.2) is 0 Å². The lowest BCUT2D eigenvalue weighted by Crippen LogP contribution is -2.33. The second-order valence-electron chi connectivity index (χ2n) is 5.87. The third kappa shape index (κ3) is 6.32. The molecule has 0 radical (unpaired) electrons. The van der Waals surface area contributed by atoms with Crippen LogP contribution in [-0.4, -0.2) is 32.7 Å². The zero-order chi connectivity index (χ0) is 17.2. The molecule has 4 heteroatoms. The van der Waals surface area contributed by atoms with Crippen LogP contribution >= 0.6 is 0 Å². The Labute approximate surface area is 144 Å². The molecule has 0 bridgehead atoms. The van der Waals surface area contributed by atoms with Crippen molar-refractivity contribution in [1.82, 2.24) is 5.32 Å². The molecule has 0 aliphatic heterocycles. The topological polar surface area (TPSA) is 41.6 Å². The zero-order valence-corrected chi connectivity index (χ0v) is 14.5. The van der Waals surface area contributed by atoms with Gasteiger partial charge >= 0.3 is 0 Å². The number of hydrogen-bond donors (Lipinski definition) is 1. The molecule has 1 N–H and O–H groups in total. The van der Waals surface area contributed by atoms with Crippen LogP contribution in [0, 0.1) is 6.92 Å². The number of aryl methyl sites for hydroxylation is 1. The van der Waals surface area contributed by atoms with Gasteiger partial charge < -0.3 is 15.0 Å². The predicted octanol–water partition coefficient (Wildman–Crippen LogP) is 3.41. The molecule has 2 rings (SSSR count). The molecule has 0 spiro atoms. The van der Waals surface area contributed by atoms with E-state index < -0.39 is 0 Å². The summed E-state index contributed by atoms with van der Waals surface area (Å²) >= 11 is 0. The van der Waals surface area contributed by atoms with E-state index in [4.69, 9.17) is 4.74 Å². The van der Waals surface area contributed by atoms with Crippen LogP contribution in [0.15, 0.2) is 54.6 Å². The Kier molecular flexibility index (Phi) is 7.15. The number of ether oxygens (including phenoxy) is 1. The third-order valence-electron chi connectivity index (χ3n) is 3.80. The van der Waals surface area contributed by atoms with E-state index in [0.717, 1.165) is 18.0 Å². The van der Waals surface area contributed by atoms with Crippen LogP contribution in [0.5, 0.6) is 5.75 Å². The predicted molar refractivity (Wildman–Crippen MR) is 98.6 cm³/mol. The molecule has 128 valence electrons. The van der Waals surface area contributed by atoms with Gasteiger partial charge in [-0.1, -0.05) is 35.9 Å². The summed E-state index contributed by atoms with van der Waals surface area (Å²) < 4.78 is 5.62. The summed E-state index contributed by atoms with van der Waals surface area (Å²) in [5.41, 5.74) is 2.36. The molecular weight excluding hydrogens is 300 g/mol.